The van der Waals surface area contributed by atoms with Gasteiger partial charge < -0.3 is 0 Å². The topological polar surface area (TPSA) is 62.2 Å². The van der Waals surface area contributed by atoms with E-state index in [1.54, 1.807) is 18.3 Å². The molecule has 0 saturated heterocycles. The number of carbonyl (C=O) groups is 1. The molecule has 0 atom stereocenters. The van der Waals surface area contributed by atoms with E-state index in [1.807, 2.05) is 6.07 Å². The van der Waals surface area contributed by atoms with E-state index in [2.05, 4.69) is 4.98 Å². The molecule has 0 aliphatic carbocycles. The van der Waals surface area contributed by atoms with Crippen molar-refractivity contribution in [3.05, 3.63) is 36.2 Å². The zero-order valence-electron chi connectivity index (χ0n) is 6.27. The molecule has 0 aliphatic rings. The fraction of sp³-hybridized carbons (Fsp3) is 0. The van der Waals surface area contributed by atoms with Crippen molar-refractivity contribution in [2.75, 3.05) is 0 Å². The number of nitrogens with one attached hydrogen (secondary N) is 1. The smallest absolute Gasteiger partial charge is 0.267 e. The largest absolute Gasteiger partial charge is 0.288 e. The number of pyridine rings is 1. The second-order valence-corrected chi connectivity index (χ2v) is 2.06. The van der Waals surface area contributed by atoms with Gasteiger partial charge in [-0.05, 0) is 18.2 Å². The van der Waals surface area contributed by atoms with Gasteiger partial charge in [0.1, 0.15) is 0 Å². The lowest BCUT2D eigenvalue weighted by molar-refractivity contribution is -0.124. The van der Waals surface area contributed by atoms with E-state index in [9.17, 15) is 4.79 Å². The lowest BCUT2D eigenvalue weighted by atomic mass is 10.3. The molecule has 1 aromatic heterocycles. The number of hydroxylamine groups is 1. The molecule has 0 fully saturated rings. The van der Waals surface area contributed by atoms with Crippen molar-refractivity contribution in [2.24, 2.45) is 0 Å². The Balaban J connectivity index is 2.64. The Morgan fingerprint density at radius 3 is 3.00 bits per heavy atom. The molecule has 0 saturated carbocycles. The number of amides is 1. The van der Waals surface area contributed by atoms with Crippen molar-refractivity contribution < 1.29 is 10.0 Å². The van der Waals surface area contributed by atoms with E-state index in [0.29, 0.717) is 5.69 Å². The Morgan fingerprint density at radius 1 is 1.58 bits per heavy atom. The molecule has 1 rings (SSSR count). The molecular weight excluding hydrogens is 156 g/mol. The van der Waals surface area contributed by atoms with Crippen LogP contribution in [0.15, 0.2) is 30.5 Å². The summed E-state index contributed by atoms with van der Waals surface area (Å²) in [6, 6.07) is 5.34. The minimum atomic E-state index is -0.569. The summed E-state index contributed by atoms with van der Waals surface area (Å²) in [7, 11) is 0. The fourth-order valence-corrected chi connectivity index (χ4v) is 0.673. The van der Waals surface area contributed by atoms with Crippen LogP contribution in [0.1, 0.15) is 5.69 Å². The molecule has 2 N–H and O–H groups in total. The van der Waals surface area contributed by atoms with E-state index in [-0.39, 0.29) is 0 Å². The van der Waals surface area contributed by atoms with Gasteiger partial charge in [0.05, 0.1) is 5.69 Å². The standard InChI is InChI=1S/C8H8N2O2/c11-8(10-12)5-4-7-3-1-2-6-9-7/h1-6,12H,(H,10,11)/b5-4+. The van der Waals surface area contributed by atoms with Crippen LogP contribution in [0.4, 0.5) is 0 Å². The summed E-state index contributed by atoms with van der Waals surface area (Å²) in [6.07, 6.45) is 4.32. The van der Waals surface area contributed by atoms with Crippen molar-refractivity contribution >= 4 is 12.0 Å². The van der Waals surface area contributed by atoms with Crippen LogP contribution in [0.3, 0.4) is 0 Å². The molecular formula is C8H8N2O2. The first-order chi connectivity index (χ1) is 5.83. The monoisotopic (exact) mass is 164 g/mol. The molecule has 0 aliphatic heterocycles. The van der Waals surface area contributed by atoms with Crippen LogP contribution in [0, 0.1) is 0 Å². The predicted octanol–water partition coefficient (Wildman–Crippen LogP) is 0.600. The van der Waals surface area contributed by atoms with Crippen LogP contribution in [-0.2, 0) is 4.79 Å². The summed E-state index contributed by atoms with van der Waals surface area (Å²) in [5.74, 6) is -0.569. The molecule has 0 unspecified atom stereocenters. The molecule has 4 nitrogen and oxygen atoms in total. The number of nitrogens with zero attached hydrogens (tertiary/aromatic N) is 1. The SMILES string of the molecule is O=C(/C=C/c1ccccn1)NO. The van der Waals surface area contributed by atoms with E-state index in [0.717, 1.165) is 0 Å². The van der Waals surface area contributed by atoms with Crippen molar-refractivity contribution in [2.45, 2.75) is 0 Å². The molecule has 0 radical (unpaired) electrons. The summed E-state index contributed by atoms with van der Waals surface area (Å²) in [5, 5.41) is 8.14. The first kappa shape index (κ1) is 8.42. The summed E-state index contributed by atoms with van der Waals surface area (Å²) < 4.78 is 0. The van der Waals surface area contributed by atoms with Gasteiger partial charge in [-0.3, -0.25) is 15.0 Å². The highest BCUT2D eigenvalue weighted by molar-refractivity contribution is 5.90. The second-order valence-electron chi connectivity index (χ2n) is 2.06. The number of hydrogen-bond acceptors (Lipinski definition) is 3. The summed E-state index contributed by atoms with van der Waals surface area (Å²) in [6.45, 7) is 0. The van der Waals surface area contributed by atoms with Gasteiger partial charge in [-0.1, -0.05) is 6.07 Å². The Bertz CT molecular complexity index is 282. The van der Waals surface area contributed by atoms with Crippen molar-refractivity contribution in [3.8, 4) is 0 Å². The quantitative estimate of drug-likeness (QED) is 0.382. The second kappa shape index (κ2) is 4.25. The zero-order chi connectivity index (χ0) is 8.81. The third-order valence-corrected chi connectivity index (χ3v) is 1.20. The van der Waals surface area contributed by atoms with E-state index in [4.69, 9.17) is 5.21 Å². The number of aromatic nitrogens is 1. The Labute approximate surface area is 69.5 Å². The number of carbonyl (C=O) groups excluding carboxylic acids is 1. The molecule has 1 aromatic rings. The Morgan fingerprint density at radius 2 is 2.42 bits per heavy atom. The van der Waals surface area contributed by atoms with Gasteiger partial charge in [-0.15, -0.1) is 0 Å². The van der Waals surface area contributed by atoms with Gasteiger partial charge in [0.15, 0.2) is 0 Å². The van der Waals surface area contributed by atoms with Gasteiger partial charge in [0.2, 0.25) is 0 Å². The molecule has 0 aromatic carbocycles. The van der Waals surface area contributed by atoms with Crippen LogP contribution < -0.4 is 5.48 Å². The van der Waals surface area contributed by atoms with Crippen LogP contribution in [0.2, 0.25) is 0 Å². The third kappa shape index (κ3) is 2.51. The van der Waals surface area contributed by atoms with Crippen LogP contribution >= 0.6 is 0 Å². The van der Waals surface area contributed by atoms with Crippen LogP contribution in [0.5, 0.6) is 0 Å². The average Bonchev–Trinajstić information content (AvgIpc) is 2.16. The van der Waals surface area contributed by atoms with E-state index < -0.39 is 5.91 Å². The van der Waals surface area contributed by atoms with Crippen LogP contribution in [0.25, 0.3) is 6.08 Å². The molecule has 0 bridgehead atoms. The highest BCUT2D eigenvalue weighted by Crippen LogP contribution is 1.95. The maximum Gasteiger partial charge on any atom is 0.267 e. The van der Waals surface area contributed by atoms with Crippen molar-refractivity contribution in [1.82, 2.24) is 10.5 Å². The molecule has 1 heterocycles. The maximum absolute atomic E-state index is 10.5. The highest BCUT2D eigenvalue weighted by atomic mass is 16.5. The first-order valence-electron chi connectivity index (χ1n) is 3.36. The summed E-state index contributed by atoms with van der Waals surface area (Å²) >= 11 is 0. The molecule has 12 heavy (non-hydrogen) atoms. The molecule has 4 heteroatoms. The van der Waals surface area contributed by atoms with Gasteiger partial charge in [0, 0.05) is 12.3 Å². The zero-order valence-corrected chi connectivity index (χ0v) is 6.27. The third-order valence-electron chi connectivity index (χ3n) is 1.20. The normalized spacial score (nSPS) is 10.1. The molecule has 0 spiro atoms. The van der Waals surface area contributed by atoms with Gasteiger partial charge in [-0.25, -0.2) is 5.48 Å². The van der Waals surface area contributed by atoms with Gasteiger partial charge in [0.25, 0.3) is 5.91 Å². The minimum absolute atomic E-state index is 0.569. The summed E-state index contributed by atoms with van der Waals surface area (Å²) in [4.78, 5) is 14.4. The Hall–Kier alpha value is -1.68. The van der Waals surface area contributed by atoms with Crippen LogP contribution in [-0.4, -0.2) is 16.1 Å². The minimum Gasteiger partial charge on any atom is -0.288 e. The lowest BCUT2D eigenvalue weighted by Crippen LogP contribution is -2.14. The fourth-order valence-electron chi connectivity index (χ4n) is 0.673. The number of hydrogen-bond donors (Lipinski definition) is 2. The van der Waals surface area contributed by atoms with Gasteiger partial charge >= 0.3 is 0 Å². The first-order valence-corrected chi connectivity index (χ1v) is 3.36. The highest BCUT2D eigenvalue weighted by Gasteiger charge is 1.89. The lowest BCUT2D eigenvalue weighted by Gasteiger charge is -1.89. The molecule has 62 valence electrons. The average molecular weight is 164 g/mol. The van der Waals surface area contributed by atoms with E-state index in [1.165, 1.54) is 17.6 Å². The van der Waals surface area contributed by atoms with E-state index >= 15 is 0 Å². The van der Waals surface area contributed by atoms with Gasteiger partial charge in [-0.2, -0.15) is 0 Å². The maximum atomic E-state index is 10.5. The Kier molecular flexibility index (Phi) is 2.98. The van der Waals surface area contributed by atoms with Crippen molar-refractivity contribution in [1.29, 1.82) is 0 Å². The molecule has 1 amide bonds. The summed E-state index contributed by atoms with van der Waals surface area (Å²) in [5.41, 5.74) is 2.15. The predicted molar refractivity (Wildman–Crippen MR) is 43.2 cm³/mol. The number of rotatable bonds is 2. The van der Waals surface area contributed by atoms with Crippen molar-refractivity contribution in [3.63, 3.8) is 0 Å².